The molecule has 21 heavy (non-hydrogen) atoms. The van der Waals surface area contributed by atoms with Crippen molar-refractivity contribution >= 4 is 17.7 Å². The van der Waals surface area contributed by atoms with Crippen molar-refractivity contribution in [1.29, 1.82) is 5.26 Å². The van der Waals surface area contributed by atoms with Gasteiger partial charge < -0.3 is 4.74 Å². The number of hydrazine groups is 1. The van der Waals surface area contributed by atoms with Gasteiger partial charge in [0.15, 0.2) is 0 Å². The first-order chi connectivity index (χ1) is 10.2. The van der Waals surface area contributed by atoms with Gasteiger partial charge in [-0.15, -0.1) is 0 Å². The maximum atomic E-state index is 12.1. The van der Waals surface area contributed by atoms with Crippen LogP contribution in [0.2, 0.25) is 0 Å². The van der Waals surface area contributed by atoms with Gasteiger partial charge in [-0.2, -0.15) is 5.26 Å². The van der Waals surface area contributed by atoms with Gasteiger partial charge in [-0.3, -0.25) is 20.5 Å². The molecule has 0 aliphatic carbocycles. The lowest BCUT2D eigenvalue weighted by Gasteiger charge is -2.22. The van der Waals surface area contributed by atoms with Crippen molar-refractivity contribution in [3.8, 4) is 6.07 Å². The number of carbonyl (C=O) groups excluding carboxylic acids is 2. The number of nitrogens with zero attached hydrogens (tertiary/aromatic N) is 2. The van der Waals surface area contributed by atoms with E-state index in [2.05, 4.69) is 15.6 Å². The van der Waals surface area contributed by atoms with Crippen molar-refractivity contribution in [1.82, 2.24) is 10.3 Å². The maximum Gasteiger partial charge on any atom is 0.410 e. The Morgan fingerprint density at radius 3 is 3.00 bits per heavy atom. The fraction of sp³-hybridized carbons (Fsp3) is 0.357. The van der Waals surface area contributed by atoms with Crippen LogP contribution in [0.25, 0.3) is 0 Å². The Morgan fingerprint density at radius 2 is 2.29 bits per heavy atom. The quantitative estimate of drug-likeness (QED) is 0.816. The maximum absolute atomic E-state index is 12.1. The number of nitrogens with one attached hydrogen (secondary N) is 2. The molecular weight excluding hydrogens is 272 g/mol. The molecule has 0 bridgehead atoms. The van der Waals surface area contributed by atoms with Crippen molar-refractivity contribution in [2.75, 3.05) is 19.1 Å². The van der Waals surface area contributed by atoms with Crippen LogP contribution >= 0.6 is 0 Å². The van der Waals surface area contributed by atoms with E-state index in [0.29, 0.717) is 24.2 Å². The van der Waals surface area contributed by atoms with Gasteiger partial charge in [-0.25, -0.2) is 4.79 Å². The van der Waals surface area contributed by atoms with E-state index in [4.69, 9.17) is 5.26 Å². The van der Waals surface area contributed by atoms with Crippen molar-refractivity contribution in [3.63, 3.8) is 0 Å². The van der Waals surface area contributed by atoms with E-state index in [9.17, 15) is 9.59 Å². The first kappa shape index (κ1) is 14.7. The van der Waals surface area contributed by atoms with E-state index < -0.39 is 12.1 Å². The Hall–Kier alpha value is -2.75. The van der Waals surface area contributed by atoms with Gasteiger partial charge >= 0.3 is 6.09 Å². The molecule has 0 radical (unpaired) electrons. The van der Waals surface area contributed by atoms with Crippen molar-refractivity contribution < 1.29 is 14.3 Å². The number of benzene rings is 1. The molecule has 110 valence electrons. The molecule has 1 unspecified atom stereocenters. The molecule has 1 fully saturated rings. The molecule has 2 rings (SSSR count). The van der Waals surface area contributed by atoms with Crippen LogP contribution in [0.3, 0.4) is 0 Å². The van der Waals surface area contributed by atoms with Crippen LogP contribution in [-0.4, -0.2) is 36.6 Å². The number of nitriles is 1. The Balaban J connectivity index is 1.95. The first-order valence-electron chi connectivity index (χ1n) is 6.56. The Kier molecular flexibility index (Phi) is 4.61. The molecule has 1 aromatic carbocycles. The number of hydrogen-bond acceptors (Lipinski definition) is 5. The average Bonchev–Trinajstić information content (AvgIpc) is 3.01. The molecule has 1 aliphatic heterocycles. The zero-order valence-electron chi connectivity index (χ0n) is 11.6. The molecule has 1 atom stereocenters. The summed E-state index contributed by atoms with van der Waals surface area (Å²) < 4.78 is 4.66. The highest BCUT2D eigenvalue weighted by Crippen LogP contribution is 2.18. The number of ether oxygens (including phenoxy) is 1. The van der Waals surface area contributed by atoms with E-state index in [0.717, 1.165) is 6.42 Å². The molecule has 0 saturated carbocycles. The van der Waals surface area contributed by atoms with Crippen molar-refractivity contribution in [2.24, 2.45) is 0 Å². The smallest absolute Gasteiger partial charge is 0.410 e. The number of methoxy groups -OCH3 is 1. The molecule has 7 heteroatoms. The van der Waals surface area contributed by atoms with E-state index in [1.807, 2.05) is 6.07 Å². The average molecular weight is 288 g/mol. The SMILES string of the molecule is COC(=O)N1CCCC1C(=O)NNc1cccc(C#N)c1. The van der Waals surface area contributed by atoms with Gasteiger partial charge in [-0.05, 0) is 31.0 Å². The van der Waals surface area contributed by atoms with Gasteiger partial charge in [0.05, 0.1) is 24.4 Å². The summed E-state index contributed by atoms with van der Waals surface area (Å²) in [5.41, 5.74) is 6.39. The van der Waals surface area contributed by atoms with E-state index in [-0.39, 0.29) is 5.91 Å². The topological polar surface area (TPSA) is 94.5 Å². The van der Waals surface area contributed by atoms with Gasteiger partial charge in [0, 0.05) is 6.54 Å². The molecule has 0 aromatic heterocycles. The fourth-order valence-corrected chi connectivity index (χ4v) is 2.26. The molecule has 1 heterocycles. The Labute approximate surface area is 122 Å². The Bertz CT molecular complexity index is 582. The van der Waals surface area contributed by atoms with Crippen LogP contribution < -0.4 is 10.9 Å². The highest BCUT2D eigenvalue weighted by molar-refractivity contribution is 5.87. The third kappa shape index (κ3) is 3.42. The van der Waals surface area contributed by atoms with E-state index in [1.54, 1.807) is 24.3 Å². The summed E-state index contributed by atoms with van der Waals surface area (Å²) in [4.78, 5) is 25.1. The number of carbonyl (C=O) groups is 2. The minimum absolute atomic E-state index is 0.305. The molecular formula is C14H16N4O3. The third-order valence-corrected chi connectivity index (χ3v) is 3.29. The summed E-state index contributed by atoms with van der Waals surface area (Å²) in [7, 11) is 1.29. The predicted molar refractivity (Wildman–Crippen MR) is 75.1 cm³/mol. The molecule has 1 aromatic rings. The molecule has 1 saturated heterocycles. The van der Waals surface area contributed by atoms with E-state index in [1.165, 1.54) is 12.0 Å². The number of likely N-dealkylation sites (tertiary alicyclic amines) is 1. The molecule has 0 spiro atoms. The van der Waals surface area contributed by atoms with Crippen LogP contribution in [0.5, 0.6) is 0 Å². The zero-order chi connectivity index (χ0) is 15.2. The summed E-state index contributed by atoms with van der Waals surface area (Å²) >= 11 is 0. The molecule has 1 aliphatic rings. The van der Waals surface area contributed by atoms with Gasteiger partial charge in [0.1, 0.15) is 6.04 Å². The molecule has 7 nitrogen and oxygen atoms in total. The second-order valence-electron chi connectivity index (χ2n) is 4.63. The van der Waals surface area contributed by atoms with Crippen LogP contribution in [0, 0.1) is 11.3 Å². The highest BCUT2D eigenvalue weighted by Gasteiger charge is 2.34. The third-order valence-electron chi connectivity index (χ3n) is 3.29. The normalized spacial score (nSPS) is 17.0. The number of hydrogen-bond donors (Lipinski definition) is 2. The standard InChI is InChI=1S/C14H16N4O3/c1-21-14(20)18-7-3-6-12(18)13(19)17-16-11-5-2-4-10(8-11)9-15/h2,4-5,8,12,16H,3,6-7H2,1H3,(H,17,19). The highest BCUT2D eigenvalue weighted by atomic mass is 16.5. The molecule has 2 N–H and O–H groups in total. The van der Waals surface area contributed by atoms with Crippen molar-refractivity contribution in [2.45, 2.75) is 18.9 Å². The minimum atomic E-state index is -0.538. The molecule has 2 amide bonds. The van der Waals surface area contributed by atoms with Crippen LogP contribution in [0.4, 0.5) is 10.5 Å². The fourth-order valence-electron chi connectivity index (χ4n) is 2.26. The lowest BCUT2D eigenvalue weighted by atomic mass is 10.2. The second kappa shape index (κ2) is 6.61. The van der Waals surface area contributed by atoms with Crippen LogP contribution in [0.1, 0.15) is 18.4 Å². The number of anilines is 1. The summed E-state index contributed by atoms with van der Waals surface area (Å²) in [6.45, 7) is 0.509. The van der Waals surface area contributed by atoms with Gasteiger partial charge in [0.2, 0.25) is 0 Å². The largest absolute Gasteiger partial charge is 0.453 e. The lowest BCUT2D eigenvalue weighted by Crippen LogP contribution is -2.47. The van der Waals surface area contributed by atoms with Crippen LogP contribution in [-0.2, 0) is 9.53 Å². The number of amides is 2. The van der Waals surface area contributed by atoms with Gasteiger partial charge in [-0.1, -0.05) is 6.07 Å². The summed E-state index contributed by atoms with van der Waals surface area (Å²) in [5, 5.41) is 8.81. The lowest BCUT2D eigenvalue weighted by molar-refractivity contribution is -0.124. The summed E-state index contributed by atoms with van der Waals surface area (Å²) in [5.74, 6) is -0.305. The summed E-state index contributed by atoms with van der Waals surface area (Å²) in [6.07, 6.45) is 0.858. The second-order valence-corrected chi connectivity index (χ2v) is 4.63. The predicted octanol–water partition coefficient (Wildman–Crippen LogP) is 1.23. The minimum Gasteiger partial charge on any atom is -0.453 e. The monoisotopic (exact) mass is 288 g/mol. The summed E-state index contributed by atoms with van der Waals surface area (Å²) in [6, 6.07) is 8.21. The first-order valence-corrected chi connectivity index (χ1v) is 6.56. The van der Waals surface area contributed by atoms with Gasteiger partial charge in [0.25, 0.3) is 5.91 Å². The zero-order valence-corrected chi connectivity index (χ0v) is 11.6. The van der Waals surface area contributed by atoms with Crippen molar-refractivity contribution in [3.05, 3.63) is 29.8 Å². The Morgan fingerprint density at radius 1 is 1.48 bits per heavy atom. The van der Waals surface area contributed by atoms with E-state index >= 15 is 0 Å². The number of rotatable bonds is 3. The van der Waals surface area contributed by atoms with Crippen LogP contribution in [0.15, 0.2) is 24.3 Å².